The van der Waals surface area contributed by atoms with Crippen LogP contribution in [-0.2, 0) is 0 Å². The molecule has 14 heavy (non-hydrogen) atoms. The van der Waals surface area contributed by atoms with Crippen molar-refractivity contribution in [2.75, 3.05) is 13.2 Å². The molecule has 0 amide bonds. The standard InChI is InChI=1S/C8H9N5O/c9-1-4-14-8-6-7(12-5-13-8)11-3-2-10-6/h2-3,5H,1,4,9H2. The molecular weight excluding hydrogens is 182 g/mol. The van der Waals surface area contributed by atoms with Crippen molar-refractivity contribution < 1.29 is 4.74 Å². The van der Waals surface area contributed by atoms with Crippen LogP contribution in [0.4, 0.5) is 0 Å². The van der Waals surface area contributed by atoms with Crippen molar-refractivity contribution in [3.8, 4) is 5.88 Å². The van der Waals surface area contributed by atoms with Gasteiger partial charge < -0.3 is 10.5 Å². The van der Waals surface area contributed by atoms with Gasteiger partial charge in [-0.3, -0.25) is 0 Å². The van der Waals surface area contributed by atoms with Gasteiger partial charge in [0.15, 0.2) is 11.2 Å². The Hall–Kier alpha value is -1.82. The second-order valence-corrected chi connectivity index (χ2v) is 2.54. The Morgan fingerprint density at radius 1 is 1.14 bits per heavy atom. The van der Waals surface area contributed by atoms with E-state index in [4.69, 9.17) is 10.5 Å². The van der Waals surface area contributed by atoms with Crippen LogP contribution in [-0.4, -0.2) is 33.1 Å². The molecule has 0 aliphatic heterocycles. The molecule has 0 radical (unpaired) electrons. The first kappa shape index (κ1) is 8.76. The summed E-state index contributed by atoms with van der Waals surface area (Å²) in [5, 5.41) is 0. The molecule has 0 atom stereocenters. The third kappa shape index (κ3) is 1.60. The number of ether oxygens (including phenoxy) is 1. The predicted molar refractivity (Wildman–Crippen MR) is 49.7 cm³/mol. The van der Waals surface area contributed by atoms with E-state index < -0.39 is 0 Å². The number of nitrogens with two attached hydrogens (primary N) is 1. The molecule has 2 aromatic rings. The maximum Gasteiger partial charge on any atom is 0.245 e. The fourth-order valence-electron chi connectivity index (χ4n) is 1.03. The van der Waals surface area contributed by atoms with Crippen LogP contribution in [0, 0.1) is 0 Å². The van der Waals surface area contributed by atoms with E-state index in [-0.39, 0.29) is 0 Å². The Morgan fingerprint density at radius 3 is 2.86 bits per heavy atom. The number of aromatic nitrogens is 4. The smallest absolute Gasteiger partial charge is 0.245 e. The van der Waals surface area contributed by atoms with E-state index in [1.165, 1.54) is 6.33 Å². The van der Waals surface area contributed by atoms with E-state index in [1.54, 1.807) is 12.4 Å². The van der Waals surface area contributed by atoms with Gasteiger partial charge in [-0.05, 0) is 0 Å². The Balaban J connectivity index is 2.43. The molecule has 2 heterocycles. The van der Waals surface area contributed by atoms with Crippen LogP contribution in [0.15, 0.2) is 18.7 Å². The van der Waals surface area contributed by atoms with Crippen LogP contribution in [0.1, 0.15) is 0 Å². The Bertz CT molecular complexity index is 428. The summed E-state index contributed by atoms with van der Waals surface area (Å²) < 4.78 is 5.29. The molecule has 0 saturated carbocycles. The average molecular weight is 191 g/mol. The molecule has 0 bridgehead atoms. The number of nitrogens with zero attached hydrogens (tertiary/aromatic N) is 4. The largest absolute Gasteiger partial charge is 0.475 e. The first-order valence-corrected chi connectivity index (χ1v) is 4.16. The quantitative estimate of drug-likeness (QED) is 0.720. The Morgan fingerprint density at radius 2 is 2.00 bits per heavy atom. The van der Waals surface area contributed by atoms with Crippen molar-refractivity contribution >= 4 is 11.2 Å². The normalized spacial score (nSPS) is 10.4. The van der Waals surface area contributed by atoms with Gasteiger partial charge in [-0.15, -0.1) is 0 Å². The summed E-state index contributed by atoms with van der Waals surface area (Å²) in [6.45, 7) is 0.842. The molecule has 72 valence electrons. The molecule has 0 saturated heterocycles. The van der Waals surface area contributed by atoms with Crippen molar-refractivity contribution in [1.29, 1.82) is 0 Å². The third-order valence-electron chi connectivity index (χ3n) is 1.59. The lowest BCUT2D eigenvalue weighted by Gasteiger charge is -2.03. The Labute approximate surface area is 80.2 Å². The minimum absolute atomic E-state index is 0.405. The number of hydrogen-bond donors (Lipinski definition) is 1. The average Bonchev–Trinajstić information content (AvgIpc) is 2.26. The fraction of sp³-hybridized carbons (Fsp3) is 0.250. The highest BCUT2D eigenvalue weighted by atomic mass is 16.5. The zero-order valence-corrected chi connectivity index (χ0v) is 7.42. The highest BCUT2D eigenvalue weighted by Gasteiger charge is 2.05. The van der Waals surface area contributed by atoms with E-state index in [0.29, 0.717) is 30.2 Å². The number of rotatable bonds is 3. The highest BCUT2D eigenvalue weighted by molar-refractivity contribution is 5.74. The van der Waals surface area contributed by atoms with Crippen LogP contribution < -0.4 is 10.5 Å². The summed E-state index contributed by atoms with van der Waals surface area (Å²) in [6.07, 6.45) is 4.53. The van der Waals surface area contributed by atoms with Gasteiger partial charge in [-0.2, -0.15) is 4.98 Å². The topological polar surface area (TPSA) is 86.8 Å². The monoisotopic (exact) mass is 191 g/mol. The second-order valence-electron chi connectivity index (χ2n) is 2.54. The van der Waals surface area contributed by atoms with Gasteiger partial charge >= 0.3 is 0 Å². The molecule has 0 spiro atoms. The predicted octanol–water partition coefficient (Wildman–Crippen LogP) is -0.243. The summed E-state index contributed by atoms with van der Waals surface area (Å²) in [5.41, 5.74) is 6.40. The summed E-state index contributed by atoms with van der Waals surface area (Å²) >= 11 is 0. The van der Waals surface area contributed by atoms with E-state index in [2.05, 4.69) is 19.9 Å². The Kier molecular flexibility index (Phi) is 2.46. The molecule has 0 fully saturated rings. The number of hydrogen-bond acceptors (Lipinski definition) is 6. The molecular formula is C8H9N5O. The lowest BCUT2D eigenvalue weighted by atomic mass is 10.5. The summed E-state index contributed by atoms with van der Waals surface area (Å²) in [4.78, 5) is 16.0. The molecule has 2 rings (SSSR count). The molecule has 2 N–H and O–H groups in total. The van der Waals surface area contributed by atoms with E-state index in [0.717, 1.165) is 0 Å². The van der Waals surface area contributed by atoms with Gasteiger partial charge in [0.2, 0.25) is 5.88 Å². The lowest BCUT2D eigenvalue weighted by molar-refractivity contribution is 0.318. The minimum Gasteiger partial charge on any atom is -0.475 e. The second kappa shape index (κ2) is 3.93. The molecule has 6 heteroatoms. The van der Waals surface area contributed by atoms with Gasteiger partial charge in [0.1, 0.15) is 12.9 Å². The molecule has 6 nitrogen and oxygen atoms in total. The first-order valence-electron chi connectivity index (χ1n) is 4.16. The van der Waals surface area contributed by atoms with Crippen LogP contribution in [0.5, 0.6) is 5.88 Å². The maximum absolute atomic E-state index is 5.32. The van der Waals surface area contributed by atoms with Crippen molar-refractivity contribution in [3.05, 3.63) is 18.7 Å². The minimum atomic E-state index is 0.405. The SMILES string of the molecule is NCCOc1ncnc2nccnc12. The van der Waals surface area contributed by atoms with Gasteiger partial charge in [-0.1, -0.05) is 0 Å². The van der Waals surface area contributed by atoms with E-state index in [9.17, 15) is 0 Å². The zero-order valence-electron chi connectivity index (χ0n) is 7.42. The van der Waals surface area contributed by atoms with Crippen molar-refractivity contribution in [2.45, 2.75) is 0 Å². The van der Waals surface area contributed by atoms with Crippen LogP contribution >= 0.6 is 0 Å². The molecule has 0 aliphatic carbocycles. The van der Waals surface area contributed by atoms with Gasteiger partial charge in [0.05, 0.1) is 0 Å². The third-order valence-corrected chi connectivity index (χ3v) is 1.59. The first-order chi connectivity index (χ1) is 6.92. The van der Waals surface area contributed by atoms with Crippen molar-refractivity contribution in [2.24, 2.45) is 5.73 Å². The molecule has 0 aromatic carbocycles. The molecule has 0 unspecified atom stereocenters. The summed E-state index contributed by atoms with van der Waals surface area (Å²) in [5.74, 6) is 0.425. The van der Waals surface area contributed by atoms with Gasteiger partial charge in [0, 0.05) is 18.9 Å². The zero-order chi connectivity index (χ0) is 9.80. The lowest BCUT2D eigenvalue weighted by Crippen LogP contribution is -2.11. The highest BCUT2D eigenvalue weighted by Crippen LogP contribution is 2.15. The summed E-state index contributed by atoms with van der Waals surface area (Å²) in [7, 11) is 0. The molecule has 2 aromatic heterocycles. The maximum atomic E-state index is 5.32. The van der Waals surface area contributed by atoms with Crippen LogP contribution in [0.25, 0.3) is 11.2 Å². The van der Waals surface area contributed by atoms with E-state index >= 15 is 0 Å². The fourth-order valence-corrected chi connectivity index (χ4v) is 1.03. The summed E-state index contributed by atoms with van der Waals surface area (Å²) in [6, 6.07) is 0. The van der Waals surface area contributed by atoms with E-state index in [1.807, 2.05) is 0 Å². The van der Waals surface area contributed by atoms with Crippen molar-refractivity contribution in [3.63, 3.8) is 0 Å². The van der Waals surface area contributed by atoms with Gasteiger partial charge in [0.25, 0.3) is 0 Å². The van der Waals surface area contributed by atoms with Crippen LogP contribution in [0.3, 0.4) is 0 Å². The van der Waals surface area contributed by atoms with Crippen LogP contribution in [0.2, 0.25) is 0 Å². The van der Waals surface area contributed by atoms with Crippen molar-refractivity contribution in [1.82, 2.24) is 19.9 Å². The van der Waals surface area contributed by atoms with Gasteiger partial charge in [-0.25, -0.2) is 15.0 Å². The number of fused-ring (bicyclic) bond motifs is 1. The molecule has 0 aliphatic rings.